The van der Waals surface area contributed by atoms with Crippen LogP contribution >= 0.6 is 15.9 Å². The van der Waals surface area contributed by atoms with Crippen LogP contribution in [0.2, 0.25) is 0 Å². The maximum atomic E-state index is 5.24. The monoisotopic (exact) mass is 240 g/mol. The number of hydrogen-bond donors (Lipinski definition) is 3. The SMILES string of the molecule is NC(=[NH2+])/C=C\Nc1ccc(Br)cc1. The van der Waals surface area contributed by atoms with E-state index >= 15 is 0 Å². The van der Waals surface area contributed by atoms with Crippen molar-refractivity contribution in [1.82, 2.24) is 0 Å². The van der Waals surface area contributed by atoms with Crippen LogP contribution in [0, 0.1) is 0 Å². The van der Waals surface area contributed by atoms with Crippen LogP contribution in [0.1, 0.15) is 0 Å². The van der Waals surface area contributed by atoms with Crippen molar-refractivity contribution in [1.29, 1.82) is 0 Å². The molecule has 0 unspecified atom stereocenters. The fraction of sp³-hybridized carbons (Fsp3) is 0. The van der Waals surface area contributed by atoms with Crippen LogP contribution in [-0.4, -0.2) is 5.84 Å². The van der Waals surface area contributed by atoms with Crippen molar-refractivity contribution in [2.45, 2.75) is 0 Å². The lowest BCUT2D eigenvalue weighted by Crippen LogP contribution is -2.44. The number of amidine groups is 1. The normalized spacial score (nSPS) is 10.2. The van der Waals surface area contributed by atoms with Gasteiger partial charge in [-0.3, -0.25) is 11.1 Å². The minimum atomic E-state index is 0.282. The standard InChI is InChI=1S/C9H10BrN3/c10-7-1-3-8(4-2-7)13-6-5-9(11)12/h1-6,13H,(H3,11,12)/p+1/b6-5-. The van der Waals surface area contributed by atoms with Gasteiger partial charge in [-0.2, -0.15) is 0 Å². The largest absolute Gasteiger partial charge is 0.361 e. The molecule has 0 bridgehead atoms. The zero-order chi connectivity index (χ0) is 9.68. The summed E-state index contributed by atoms with van der Waals surface area (Å²) in [5, 5.41) is 8.26. The molecule has 1 rings (SSSR count). The lowest BCUT2D eigenvalue weighted by Gasteiger charge is -1.98. The van der Waals surface area contributed by atoms with Crippen molar-refractivity contribution in [3.05, 3.63) is 41.0 Å². The zero-order valence-corrected chi connectivity index (χ0v) is 8.58. The van der Waals surface area contributed by atoms with Gasteiger partial charge in [-0.25, -0.2) is 0 Å². The van der Waals surface area contributed by atoms with E-state index in [0.29, 0.717) is 0 Å². The van der Waals surface area contributed by atoms with Crippen molar-refractivity contribution in [2.75, 3.05) is 5.32 Å². The smallest absolute Gasteiger partial charge is 0.264 e. The van der Waals surface area contributed by atoms with E-state index in [1.54, 1.807) is 12.3 Å². The second kappa shape index (κ2) is 4.67. The van der Waals surface area contributed by atoms with Gasteiger partial charge >= 0.3 is 0 Å². The van der Waals surface area contributed by atoms with Gasteiger partial charge in [0, 0.05) is 22.4 Å². The molecule has 3 nitrogen and oxygen atoms in total. The van der Waals surface area contributed by atoms with E-state index in [4.69, 9.17) is 11.1 Å². The van der Waals surface area contributed by atoms with Gasteiger partial charge in [0.2, 0.25) is 0 Å². The van der Waals surface area contributed by atoms with Gasteiger partial charge in [0.15, 0.2) is 0 Å². The molecule has 0 saturated carbocycles. The first kappa shape index (κ1) is 9.80. The number of nitrogens with two attached hydrogens (primary N) is 2. The number of rotatable bonds is 3. The third-order valence-electron chi connectivity index (χ3n) is 1.37. The highest BCUT2D eigenvalue weighted by Gasteiger charge is 1.88. The Hall–Kier alpha value is -1.29. The van der Waals surface area contributed by atoms with Gasteiger partial charge in [0.1, 0.15) is 0 Å². The number of nitrogens with one attached hydrogen (secondary N) is 1. The molecule has 0 atom stereocenters. The second-order valence-electron chi connectivity index (χ2n) is 2.48. The van der Waals surface area contributed by atoms with Crippen LogP contribution < -0.4 is 16.5 Å². The number of benzene rings is 1. The fourth-order valence-electron chi connectivity index (χ4n) is 0.780. The van der Waals surface area contributed by atoms with Crippen LogP contribution in [0.25, 0.3) is 0 Å². The van der Waals surface area contributed by atoms with Crippen LogP contribution in [0.3, 0.4) is 0 Å². The molecule has 5 N–H and O–H groups in total. The summed E-state index contributed by atoms with van der Waals surface area (Å²) in [4.78, 5) is 0. The third kappa shape index (κ3) is 3.75. The molecular formula is C9H11BrN3+. The molecule has 0 saturated heterocycles. The molecule has 0 amide bonds. The number of hydrogen-bond acceptors (Lipinski definition) is 1. The molecule has 68 valence electrons. The van der Waals surface area contributed by atoms with Crippen LogP contribution in [-0.2, 0) is 0 Å². The van der Waals surface area contributed by atoms with Gasteiger partial charge < -0.3 is 5.32 Å². The second-order valence-corrected chi connectivity index (χ2v) is 3.40. The Kier molecular flexibility index (Phi) is 3.52. The zero-order valence-electron chi connectivity index (χ0n) is 7.00. The molecule has 1 aromatic rings. The van der Waals surface area contributed by atoms with Crippen molar-refractivity contribution in [3.8, 4) is 0 Å². The summed E-state index contributed by atoms with van der Waals surface area (Å²) in [6.07, 6.45) is 3.29. The summed E-state index contributed by atoms with van der Waals surface area (Å²) in [6.45, 7) is 0. The number of halogens is 1. The van der Waals surface area contributed by atoms with Crippen molar-refractivity contribution < 1.29 is 5.41 Å². The lowest BCUT2D eigenvalue weighted by atomic mass is 10.3. The van der Waals surface area contributed by atoms with E-state index in [9.17, 15) is 0 Å². The summed E-state index contributed by atoms with van der Waals surface area (Å²) < 4.78 is 1.05. The maximum Gasteiger partial charge on any atom is 0.264 e. The predicted molar refractivity (Wildman–Crippen MR) is 58.0 cm³/mol. The average Bonchev–Trinajstić information content (AvgIpc) is 2.08. The van der Waals surface area contributed by atoms with Gasteiger partial charge in [0.25, 0.3) is 5.84 Å². The fourth-order valence-corrected chi connectivity index (χ4v) is 1.04. The molecule has 0 aliphatic rings. The van der Waals surface area contributed by atoms with Gasteiger partial charge in [-0.1, -0.05) is 15.9 Å². The topological polar surface area (TPSA) is 63.6 Å². The van der Waals surface area contributed by atoms with E-state index in [1.807, 2.05) is 24.3 Å². The first-order valence-corrected chi connectivity index (χ1v) is 4.54. The summed E-state index contributed by atoms with van der Waals surface area (Å²) in [6, 6.07) is 7.79. The van der Waals surface area contributed by atoms with E-state index in [-0.39, 0.29) is 5.84 Å². The van der Waals surface area contributed by atoms with E-state index in [2.05, 4.69) is 21.2 Å². The van der Waals surface area contributed by atoms with Crippen LogP contribution in [0.15, 0.2) is 41.0 Å². The Morgan fingerprint density at radius 2 is 2.00 bits per heavy atom. The minimum absolute atomic E-state index is 0.282. The molecule has 0 spiro atoms. The Labute approximate surface area is 85.3 Å². The summed E-state index contributed by atoms with van der Waals surface area (Å²) in [5.41, 5.74) is 6.23. The van der Waals surface area contributed by atoms with Crippen molar-refractivity contribution in [3.63, 3.8) is 0 Å². The number of anilines is 1. The first-order valence-electron chi connectivity index (χ1n) is 3.75. The van der Waals surface area contributed by atoms with Gasteiger partial charge in [0.05, 0.1) is 0 Å². The Balaban J connectivity index is 2.55. The molecule has 13 heavy (non-hydrogen) atoms. The van der Waals surface area contributed by atoms with E-state index in [0.717, 1.165) is 10.2 Å². The Morgan fingerprint density at radius 3 is 2.54 bits per heavy atom. The highest BCUT2D eigenvalue weighted by molar-refractivity contribution is 9.10. The Bertz CT molecular complexity index is 316. The molecule has 1 aromatic carbocycles. The van der Waals surface area contributed by atoms with Crippen molar-refractivity contribution >= 4 is 27.5 Å². The molecule has 0 aliphatic heterocycles. The highest BCUT2D eigenvalue weighted by atomic mass is 79.9. The third-order valence-corrected chi connectivity index (χ3v) is 1.90. The average molecular weight is 241 g/mol. The van der Waals surface area contributed by atoms with Gasteiger partial charge in [-0.05, 0) is 24.3 Å². The lowest BCUT2D eigenvalue weighted by molar-refractivity contribution is -0.113. The van der Waals surface area contributed by atoms with Crippen LogP contribution in [0.4, 0.5) is 5.69 Å². The maximum absolute atomic E-state index is 5.24. The molecule has 0 aromatic heterocycles. The molecule has 0 aliphatic carbocycles. The molecule has 0 fully saturated rings. The Morgan fingerprint density at radius 1 is 1.38 bits per heavy atom. The first-order chi connectivity index (χ1) is 6.18. The van der Waals surface area contributed by atoms with E-state index in [1.165, 1.54) is 0 Å². The molecule has 0 heterocycles. The summed E-state index contributed by atoms with van der Waals surface area (Å²) >= 11 is 3.35. The van der Waals surface area contributed by atoms with Crippen molar-refractivity contribution in [2.24, 2.45) is 5.73 Å². The summed E-state index contributed by atoms with van der Waals surface area (Å²) in [7, 11) is 0. The van der Waals surface area contributed by atoms with E-state index < -0.39 is 0 Å². The summed E-state index contributed by atoms with van der Waals surface area (Å²) in [5.74, 6) is 0.282. The molecule has 0 radical (unpaired) electrons. The quantitative estimate of drug-likeness (QED) is 0.532. The molecular weight excluding hydrogens is 230 g/mol. The van der Waals surface area contributed by atoms with Gasteiger partial charge in [-0.15, -0.1) is 0 Å². The van der Waals surface area contributed by atoms with Crippen LogP contribution in [0.5, 0.6) is 0 Å². The molecule has 4 heteroatoms. The minimum Gasteiger partial charge on any atom is -0.361 e. The highest BCUT2D eigenvalue weighted by Crippen LogP contribution is 2.13. The predicted octanol–water partition coefficient (Wildman–Crippen LogP) is 0.491.